The Morgan fingerprint density at radius 1 is 1.16 bits per heavy atom. The Labute approximate surface area is 142 Å². The predicted molar refractivity (Wildman–Crippen MR) is 86.1 cm³/mol. The van der Waals surface area contributed by atoms with E-state index in [2.05, 4.69) is 20.6 Å². The van der Waals surface area contributed by atoms with Crippen molar-refractivity contribution in [3.8, 4) is 0 Å². The van der Waals surface area contributed by atoms with Crippen LogP contribution in [0.2, 0.25) is 0 Å². The third kappa shape index (κ3) is 5.02. The standard InChI is InChI=1S/C16H18F4N4O/c1-9(2)12(8-25)22-15-23-13(16(18,19)20)7-14(24-15)21-11-6-4-3-5-10(11)17/h3-7,9,12,25H,8H2,1-2H3,(H2,21,22,23,24)/t12-/m1/s1. The third-order valence-electron chi connectivity index (χ3n) is 3.47. The maximum atomic E-state index is 13.7. The number of benzene rings is 1. The van der Waals surface area contributed by atoms with Crippen molar-refractivity contribution < 1.29 is 22.7 Å². The zero-order valence-electron chi connectivity index (χ0n) is 13.6. The van der Waals surface area contributed by atoms with Gasteiger partial charge in [0.15, 0.2) is 5.69 Å². The van der Waals surface area contributed by atoms with Gasteiger partial charge in [-0.25, -0.2) is 9.37 Å². The molecule has 25 heavy (non-hydrogen) atoms. The number of aliphatic hydroxyl groups is 1. The van der Waals surface area contributed by atoms with Gasteiger partial charge in [0.25, 0.3) is 0 Å². The fourth-order valence-corrected chi connectivity index (χ4v) is 2.01. The normalized spacial score (nSPS) is 13.0. The number of para-hydroxylation sites is 1. The Morgan fingerprint density at radius 2 is 1.84 bits per heavy atom. The molecule has 0 saturated heterocycles. The molecule has 0 aliphatic carbocycles. The van der Waals surface area contributed by atoms with Crippen LogP contribution in [0, 0.1) is 11.7 Å². The minimum Gasteiger partial charge on any atom is -0.394 e. The lowest BCUT2D eigenvalue weighted by molar-refractivity contribution is -0.141. The van der Waals surface area contributed by atoms with E-state index in [0.29, 0.717) is 6.07 Å². The fourth-order valence-electron chi connectivity index (χ4n) is 2.01. The summed E-state index contributed by atoms with van der Waals surface area (Å²) in [6.45, 7) is 3.29. The lowest BCUT2D eigenvalue weighted by Crippen LogP contribution is -2.30. The average molecular weight is 358 g/mol. The van der Waals surface area contributed by atoms with Crippen LogP contribution in [-0.2, 0) is 6.18 Å². The molecular weight excluding hydrogens is 340 g/mol. The van der Waals surface area contributed by atoms with Gasteiger partial charge < -0.3 is 15.7 Å². The summed E-state index contributed by atoms with van der Waals surface area (Å²) >= 11 is 0. The Balaban J connectivity index is 2.38. The first kappa shape index (κ1) is 18.9. The van der Waals surface area contributed by atoms with Crippen LogP contribution in [0.3, 0.4) is 0 Å². The van der Waals surface area contributed by atoms with Gasteiger partial charge >= 0.3 is 6.18 Å². The van der Waals surface area contributed by atoms with Gasteiger partial charge in [0.05, 0.1) is 18.3 Å². The maximum Gasteiger partial charge on any atom is 0.433 e. The number of nitrogens with zero attached hydrogens (tertiary/aromatic N) is 2. The van der Waals surface area contributed by atoms with Gasteiger partial charge in [-0.3, -0.25) is 0 Å². The zero-order chi connectivity index (χ0) is 18.6. The molecular formula is C16H18F4N4O. The molecule has 0 spiro atoms. The second-order valence-electron chi connectivity index (χ2n) is 5.74. The van der Waals surface area contributed by atoms with Gasteiger partial charge in [0.1, 0.15) is 11.6 Å². The van der Waals surface area contributed by atoms with Crippen molar-refractivity contribution in [1.29, 1.82) is 0 Å². The van der Waals surface area contributed by atoms with E-state index >= 15 is 0 Å². The van der Waals surface area contributed by atoms with E-state index in [9.17, 15) is 22.7 Å². The number of halogens is 4. The number of hydrogen-bond acceptors (Lipinski definition) is 5. The van der Waals surface area contributed by atoms with Crippen LogP contribution >= 0.6 is 0 Å². The largest absolute Gasteiger partial charge is 0.433 e. The first-order chi connectivity index (χ1) is 11.7. The first-order valence-corrected chi connectivity index (χ1v) is 7.56. The van der Waals surface area contributed by atoms with E-state index in [4.69, 9.17) is 0 Å². The molecule has 3 N–H and O–H groups in total. The number of nitrogens with one attached hydrogen (secondary N) is 2. The fraction of sp³-hybridized carbons (Fsp3) is 0.375. The van der Waals surface area contributed by atoms with Crippen LogP contribution in [0.4, 0.5) is 35.0 Å². The van der Waals surface area contributed by atoms with Crippen LogP contribution in [0.15, 0.2) is 30.3 Å². The number of rotatable bonds is 6. The summed E-state index contributed by atoms with van der Waals surface area (Å²) in [6.07, 6.45) is -4.70. The second kappa shape index (κ2) is 7.64. The highest BCUT2D eigenvalue weighted by Crippen LogP contribution is 2.31. The molecule has 0 aliphatic heterocycles. The number of anilines is 3. The number of hydrogen-bond donors (Lipinski definition) is 3. The molecule has 9 heteroatoms. The lowest BCUT2D eigenvalue weighted by Gasteiger charge is -2.21. The Hall–Kier alpha value is -2.42. The summed E-state index contributed by atoms with van der Waals surface area (Å²) in [7, 11) is 0. The number of aliphatic hydroxyl groups excluding tert-OH is 1. The monoisotopic (exact) mass is 358 g/mol. The highest BCUT2D eigenvalue weighted by atomic mass is 19.4. The number of alkyl halides is 3. The molecule has 1 heterocycles. The van der Waals surface area contributed by atoms with Crippen molar-refractivity contribution in [2.24, 2.45) is 5.92 Å². The molecule has 0 amide bonds. The average Bonchev–Trinajstić information content (AvgIpc) is 2.53. The summed E-state index contributed by atoms with van der Waals surface area (Å²) in [5, 5.41) is 14.5. The molecule has 0 bridgehead atoms. The summed E-state index contributed by atoms with van der Waals surface area (Å²) < 4.78 is 52.9. The van der Waals surface area contributed by atoms with Crippen molar-refractivity contribution in [1.82, 2.24) is 9.97 Å². The van der Waals surface area contributed by atoms with Crippen molar-refractivity contribution >= 4 is 17.5 Å². The maximum absolute atomic E-state index is 13.7. The third-order valence-corrected chi connectivity index (χ3v) is 3.47. The summed E-state index contributed by atoms with van der Waals surface area (Å²) in [5.74, 6) is -1.21. The summed E-state index contributed by atoms with van der Waals surface area (Å²) in [5.41, 5.74) is -1.19. The molecule has 0 fully saturated rings. The Kier molecular flexibility index (Phi) is 5.78. The molecule has 0 radical (unpaired) electrons. The van der Waals surface area contributed by atoms with E-state index in [1.165, 1.54) is 24.3 Å². The van der Waals surface area contributed by atoms with Crippen molar-refractivity contribution in [3.05, 3.63) is 41.8 Å². The van der Waals surface area contributed by atoms with Gasteiger partial charge in [-0.05, 0) is 18.1 Å². The molecule has 0 saturated carbocycles. The molecule has 1 atom stereocenters. The molecule has 2 rings (SSSR count). The van der Waals surface area contributed by atoms with E-state index < -0.39 is 23.7 Å². The van der Waals surface area contributed by atoms with E-state index in [0.717, 1.165) is 0 Å². The number of aromatic nitrogens is 2. The van der Waals surface area contributed by atoms with Crippen LogP contribution < -0.4 is 10.6 Å². The van der Waals surface area contributed by atoms with E-state index in [-0.39, 0.29) is 30.0 Å². The van der Waals surface area contributed by atoms with Gasteiger partial charge in [-0.1, -0.05) is 26.0 Å². The first-order valence-electron chi connectivity index (χ1n) is 7.56. The van der Waals surface area contributed by atoms with Gasteiger partial charge in [-0.15, -0.1) is 0 Å². The Bertz CT molecular complexity index is 722. The topological polar surface area (TPSA) is 70.1 Å². The molecule has 1 aromatic heterocycles. The quantitative estimate of drug-likeness (QED) is 0.685. The highest BCUT2D eigenvalue weighted by molar-refractivity contribution is 5.58. The van der Waals surface area contributed by atoms with Crippen LogP contribution in [0.1, 0.15) is 19.5 Å². The minimum atomic E-state index is -4.70. The second-order valence-corrected chi connectivity index (χ2v) is 5.74. The van der Waals surface area contributed by atoms with Crippen LogP contribution in [-0.4, -0.2) is 27.7 Å². The Morgan fingerprint density at radius 3 is 2.40 bits per heavy atom. The van der Waals surface area contributed by atoms with Gasteiger partial charge in [-0.2, -0.15) is 18.2 Å². The summed E-state index contributed by atoms with van der Waals surface area (Å²) in [4.78, 5) is 7.39. The summed E-state index contributed by atoms with van der Waals surface area (Å²) in [6, 6.07) is 5.72. The zero-order valence-corrected chi connectivity index (χ0v) is 13.6. The molecule has 5 nitrogen and oxygen atoms in total. The van der Waals surface area contributed by atoms with E-state index in [1.54, 1.807) is 13.8 Å². The minimum absolute atomic E-state index is 0.0113. The molecule has 2 aromatic rings. The molecule has 1 aromatic carbocycles. The smallest absolute Gasteiger partial charge is 0.394 e. The van der Waals surface area contributed by atoms with Gasteiger partial charge in [0, 0.05) is 6.07 Å². The van der Waals surface area contributed by atoms with Crippen LogP contribution in [0.5, 0.6) is 0 Å². The van der Waals surface area contributed by atoms with Crippen molar-refractivity contribution in [2.45, 2.75) is 26.1 Å². The van der Waals surface area contributed by atoms with E-state index in [1.807, 2.05) is 0 Å². The highest BCUT2D eigenvalue weighted by Gasteiger charge is 2.34. The van der Waals surface area contributed by atoms with Gasteiger partial charge in [0.2, 0.25) is 5.95 Å². The van der Waals surface area contributed by atoms with Crippen molar-refractivity contribution in [2.75, 3.05) is 17.2 Å². The molecule has 0 aliphatic rings. The molecule has 136 valence electrons. The van der Waals surface area contributed by atoms with Crippen LogP contribution in [0.25, 0.3) is 0 Å². The predicted octanol–water partition coefficient (Wildman–Crippen LogP) is 3.81. The molecule has 0 unspecified atom stereocenters. The van der Waals surface area contributed by atoms with Crippen molar-refractivity contribution in [3.63, 3.8) is 0 Å². The SMILES string of the molecule is CC(C)[C@@H](CO)Nc1nc(Nc2ccccc2F)cc(C(F)(F)F)n1. The lowest BCUT2D eigenvalue weighted by atomic mass is 10.1.